The van der Waals surface area contributed by atoms with Crippen LogP contribution in [0.3, 0.4) is 0 Å². The third kappa shape index (κ3) is 5.92. The van der Waals surface area contributed by atoms with E-state index in [4.69, 9.17) is 21.1 Å². The van der Waals surface area contributed by atoms with Gasteiger partial charge in [0.25, 0.3) is 0 Å². The van der Waals surface area contributed by atoms with Gasteiger partial charge in [-0.15, -0.1) is 0 Å². The lowest BCUT2D eigenvalue weighted by molar-refractivity contribution is -0.137. The van der Waals surface area contributed by atoms with Crippen molar-refractivity contribution in [2.24, 2.45) is 0 Å². The van der Waals surface area contributed by atoms with Crippen LogP contribution in [0.2, 0.25) is 5.02 Å². The fourth-order valence-electron chi connectivity index (χ4n) is 4.89. The molecule has 3 aromatic carbocycles. The number of benzene rings is 3. The van der Waals surface area contributed by atoms with E-state index in [1.54, 1.807) is 30.3 Å². The van der Waals surface area contributed by atoms with Crippen LogP contribution in [-0.2, 0) is 34.4 Å². The minimum atomic E-state index is -3.90. The zero-order valence-electron chi connectivity index (χ0n) is 23.6. The Morgan fingerprint density at radius 3 is 2.43 bits per heavy atom. The Hall–Kier alpha value is -4.62. The van der Waals surface area contributed by atoms with Crippen molar-refractivity contribution in [3.8, 4) is 17.4 Å². The molecule has 5 aromatic rings. The summed E-state index contributed by atoms with van der Waals surface area (Å²) in [6.45, 7) is -0.623. The molecule has 10 nitrogen and oxygen atoms in total. The summed E-state index contributed by atoms with van der Waals surface area (Å²) >= 11 is 5.88. The van der Waals surface area contributed by atoms with E-state index in [1.165, 1.54) is 26.6 Å². The number of aromatic hydroxyl groups is 1. The maximum Gasteiger partial charge on any atom is 0.323 e. The molecule has 0 atom stereocenters. The minimum absolute atomic E-state index is 0.00171. The standard InChI is InChI=1S/C30H26ClF2N3O7S/c1-35(44(3,40)41)28-20-9-17(8-18-10-22(31)24(33)11-23(18)32)12-34-27(20)29(43-15-16-4-6-19(42-2)7-5-16)26-21(28)13-36(30(26)39)14-25(37)38/h4-7,9-13,39H,8,14-15H2,1-3H3,(H,37,38). The van der Waals surface area contributed by atoms with Gasteiger partial charge in [0.1, 0.15) is 36.1 Å². The van der Waals surface area contributed by atoms with Crippen molar-refractivity contribution in [1.82, 2.24) is 9.55 Å². The smallest absolute Gasteiger partial charge is 0.323 e. The number of anilines is 1. The van der Waals surface area contributed by atoms with E-state index in [-0.39, 0.29) is 56.7 Å². The van der Waals surface area contributed by atoms with Crippen molar-refractivity contribution in [1.29, 1.82) is 0 Å². The number of fused-ring (bicyclic) bond motifs is 2. The summed E-state index contributed by atoms with van der Waals surface area (Å²) in [4.78, 5) is 16.1. The molecule has 0 radical (unpaired) electrons. The summed E-state index contributed by atoms with van der Waals surface area (Å²) in [6, 6.07) is 10.4. The van der Waals surface area contributed by atoms with Crippen LogP contribution in [-0.4, -0.2) is 54.6 Å². The van der Waals surface area contributed by atoms with E-state index in [0.29, 0.717) is 17.4 Å². The van der Waals surface area contributed by atoms with Gasteiger partial charge < -0.3 is 24.3 Å². The molecule has 0 spiro atoms. The number of ether oxygens (including phenoxy) is 2. The SMILES string of the molecule is COc1ccc(COc2c3ncc(Cc4cc(Cl)c(F)cc4F)cc3c(N(C)S(C)(=O)=O)c3cn(CC(=O)O)c(O)c23)cc1. The van der Waals surface area contributed by atoms with Gasteiger partial charge in [-0.1, -0.05) is 23.7 Å². The van der Waals surface area contributed by atoms with Crippen LogP contribution in [0.4, 0.5) is 14.5 Å². The van der Waals surface area contributed by atoms with E-state index in [2.05, 4.69) is 4.98 Å². The van der Waals surface area contributed by atoms with Gasteiger partial charge in [-0.25, -0.2) is 17.2 Å². The molecule has 2 heterocycles. The first-order chi connectivity index (χ1) is 20.8. The van der Waals surface area contributed by atoms with Gasteiger partial charge in [0, 0.05) is 42.7 Å². The molecule has 0 aliphatic rings. The zero-order valence-corrected chi connectivity index (χ0v) is 25.2. The van der Waals surface area contributed by atoms with E-state index in [9.17, 15) is 32.2 Å². The first kappa shape index (κ1) is 30.8. The van der Waals surface area contributed by atoms with Crippen LogP contribution in [0.5, 0.6) is 17.4 Å². The lowest BCUT2D eigenvalue weighted by atomic mass is 10.0. The number of pyridine rings is 1. The quantitative estimate of drug-likeness (QED) is 0.191. The Bertz CT molecular complexity index is 2030. The molecule has 14 heteroatoms. The summed E-state index contributed by atoms with van der Waals surface area (Å²) < 4.78 is 67.5. The number of hydrogen-bond donors (Lipinski definition) is 2. The van der Waals surface area contributed by atoms with Crippen molar-refractivity contribution in [2.45, 2.75) is 19.6 Å². The van der Waals surface area contributed by atoms with Gasteiger partial charge in [0.05, 0.1) is 29.5 Å². The van der Waals surface area contributed by atoms with Crippen LogP contribution in [0.1, 0.15) is 16.7 Å². The number of nitrogens with zero attached hydrogens (tertiary/aromatic N) is 3. The highest BCUT2D eigenvalue weighted by Crippen LogP contribution is 2.47. The molecular formula is C30H26ClF2N3O7S. The number of hydrogen-bond acceptors (Lipinski definition) is 7. The van der Waals surface area contributed by atoms with E-state index in [0.717, 1.165) is 26.8 Å². The third-order valence-corrected chi connectivity index (χ3v) is 8.56. The number of carbonyl (C=O) groups is 1. The second-order valence-electron chi connectivity index (χ2n) is 10.1. The molecule has 2 aromatic heterocycles. The van der Waals surface area contributed by atoms with Crippen molar-refractivity contribution < 1.29 is 41.7 Å². The molecule has 0 unspecified atom stereocenters. The number of halogens is 3. The van der Waals surface area contributed by atoms with Crippen LogP contribution in [0.25, 0.3) is 21.7 Å². The highest BCUT2D eigenvalue weighted by atomic mass is 35.5. The fraction of sp³-hybridized carbons (Fsp3) is 0.200. The third-order valence-electron chi connectivity index (χ3n) is 7.09. The topological polar surface area (TPSA) is 131 Å². The molecule has 2 N–H and O–H groups in total. The monoisotopic (exact) mass is 645 g/mol. The summed E-state index contributed by atoms with van der Waals surface area (Å²) in [5.74, 6) is -2.74. The maximum absolute atomic E-state index is 14.6. The van der Waals surface area contributed by atoms with E-state index >= 15 is 0 Å². The largest absolute Gasteiger partial charge is 0.497 e. The molecule has 0 fully saturated rings. The second-order valence-corrected chi connectivity index (χ2v) is 12.5. The highest BCUT2D eigenvalue weighted by molar-refractivity contribution is 7.92. The van der Waals surface area contributed by atoms with E-state index in [1.807, 2.05) is 0 Å². The van der Waals surface area contributed by atoms with Crippen LogP contribution in [0, 0.1) is 11.6 Å². The summed E-state index contributed by atoms with van der Waals surface area (Å²) in [7, 11) is -1.06. The predicted octanol–water partition coefficient (Wildman–Crippen LogP) is 5.49. The normalized spacial score (nSPS) is 11.7. The molecule has 5 rings (SSSR count). The average Bonchev–Trinajstić information content (AvgIpc) is 3.27. The first-order valence-electron chi connectivity index (χ1n) is 13.0. The Morgan fingerprint density at radius 2 is 1.80 bits per heavy atom. The van der Waals surface area contributed by atoms with Crippen molar-refractivity contribution >= 4 is 55.0 Å². The molecule has 0 aliphatic carbocycles. The number of carboxylic acids is 1. The van der Waals surface area contributed by atoms with Gasteiger partial charge in [-0.05, 0) is 41.0 Å². The van der Waals surface area contributed by atoms with Crippen molar-refractivity contribution in [3.05, 3.63) is 88.2 Å². The number of aliphatic carboxylic acids is 1. The molecule has 44 heavy (non-hydrogen) atoms. The average molecular weight is 646 g/mol. The zero-order chi connectivity index (χ0) is 31.9. The van der Waals surface area contributed by atoms with Gasteiger partial charge in [0.2, 0.25) is 15.9 Å². The number of carboxylic acid groups (broad SMARTS) is 1. The van der Waals surface area contributed by atoms with Gasteiger partial charge in [-0.2, -0.15) is 0 Å². The van der Waals surface area contributed by atoms with Gasteiger partial charge >= 0.3 is 5.97 Å². The Balaban J connectivity index is 1.77. The number of sulfonamides is 1. The molecule has 0 bridgehead atoms. The first-order valence-corrected chi connectivity index (χ1v) is 15.2. The van der Waals surface area contributed by atoms with Crippen molar-refractivity contribution in [3.63, 3.8) is 0 Å². The fourth-order valence-corrected chi connectivity index (χ4v) is 5.60. The summed E-state index contributed by atoms with van der Waals surface area (Å²) in [5.41, 5.74) is 1.48. The molecule has 230 valence electrons. The second kappa shape index (κ2) is 11.8. The van der Waals surface area contributed by atoms with Crippen LogP contribution < -0.4 is 13.8 Å². The summed E-state index contributed by atoms with van der Waals surface area (Å²) in [6.07, 6.45) is 3.66. The Labute approximate surface area is 255 Å². The molecule has 0 amide bonds. The molecule has 0 saturated carbocycles. The van der Waals surface area contributed by atoms with E-state index < -0.39 is 40.1 Å². The molecule has 0 aliphatic heterocycles. The minimum Gasteiger partial charge on any atom is -0.497 e. The van der Waals surface area contributed by atoms with Gasteiger partial charge in [0.15, 0.2) is 5.75 Å². The Kier molecular flexibility index (Phi) is 8.28. The lowest BCUT2D eigenvalue weighted by Crippen LogP contribution is -2.25. The molecule has 0 saturated heterocycles. The maximum atomic E-state index is 14.6. The number of methoxy groups -OCH3 is 1. The predicted molar refractivity (Wildman–Crippen MR) is 161 cm³/mol. The van der Waals surface area contributed by atoms with Crippen LogP contribution in [0.15, 0.2) is 54.9 Å². The number of rotatable bonds is 10. The van der Waals surface area contributed by atoms with Crippen molar-refractivity contribution in [2.75, 3.05) is 24.7 Å². The molecular weight excluding hydrogens is 620 g/mol. The number of aromatic nitrogens is 2. The highest BCUT2D eigenvalue weighted by Gasteiger charge is 2.28. The summed E-state index contributed by atoms with van der Waals surface area (Å²) in [5, 5.41) is 20.9. The Morgan fingerprint density at radius 1 is 1.09 bits per heavy atom. The van der Waals surface area contributed by atoms with Crippen LogP contribution >= 0.6 is 11.6 Å². The van der Waals surface area contributed by atoms with Gasteiger partial charge in [-0.3, -0.25) is 14.1 Å². The lowest BCUT2D eigenvalue weighted by Gasteiger charge is -2.22.